The minimum absolute atomic E-state index is 0.739. The van der Waals surface area contributed by atoms with Crippen molar-refractivity contribution in [2.75, 3.05) is 39.1 Å². The summed E-state index contributed by atoms with van der Waals surface area (Å²) in [4.78, 5) is 9.05. The molecule has 2 rings (SSSR count). The first kappa shape index (κ1) is 15.3. The van der Waals surface area contributed by atoms with Gasteiger partial charge >= 0.3 is 0 Å². The van der Waals surface area contributed by atoms with Crippen LogP contribution in [0.5, 0.6) is 0 Å². The lowest BCUT2D eigenvalue weighted by Gasteiger charge is -2.23. The molecule has 0 aliphatic heterocycles. The normalized spacial score (nSPS) is 14.8. The number of aryl methyl sites for hydroxylation is 1. The van der Waals surface area contributed by atoms with Crippen molar-refractivity contribution >= 4 is 5.69 Å². The first-order chi connectivity index (χ1) is 9.56. The molecule has 1 aromatic rings. The van der Waals surface area contributed by atoms with Gasteiger partial charge in [0.1, 0.15) is 0 Å². The van der Waals surface area contributed by atoms with Crippen molar-refractivity contribution < 1.29 is 0 Å². The Kier molecular flexibility index (Phi) is 5.38. The molecule has 1 fully saturated rings. The van der Waals surface area contributed by atoms with E-state index in [0.29, 0.717) is 0 Å². The smallest absolute Gasteiger partial charge is 0.0442 e. The summed E-state index contributed by atoms with van der Waals surface area (Å²) in [5.74, 6) is 0. The molecule has 1 saturated carbocycles. The molecule has 1 heterocycles. The third-order valence-electron chi connectivity index (χ3n) is 3.77. The first-order valence-electron chi connectivity index (χ1n) is 7.61. The Bertz CT molecular complexity index is 426. The fourth-order valence-electron chi connectivity index (χ4n) is 2.35. The Labute approximate surface area is 123 Å². The van der Waals surface area contributed by atoms with Gasteiger partial charge in [-0.15, -0.1) is 0 Å². The predicted octanol–water partition coefficient (Wildman–Crippen LogP) is 2.03. The molecule has 0 aromatic carbocycles. The van der Waals surface area contributed by atoms with Gasteiger partial charge in [-0.05, 0) is 52.9 Å². The summed E-state index contributed by atoms with van der Waals surface area (Å²) in [6, 6.07) is 2.95. The summed E-state index contributed by atoms with van der Waals surface area (Å²) in [5.41, 5.74) is 3.73. The lowest BCUT2D eigenvalue weighted by atomic mass is 10.2. The highest BCUT2D eigenvalue weighted by molar-refractivity contribution is 5.53. The van der Waals surface area contributed by atoms with Crippen LogP contribution < -0.4 is 10.2 Å². The van der Waals surface area contributed by atoms with Crippen LogP contribution in [-0.4, -0.2) is 50.2 Å². The van der Waals surface area contributed by atoms with E-state index in [-0.39, 0.29) is 0 Å². The van der Waals surface area contributed by atoms with Crippen LogP contribution in [0.2, 0.25) is 0 Å². The first-order valence-corrected chi connectivity index (χ1v) is 7.61. The molecular formula is C16H28N4. The summed E-state index contributed by atoms with van der Waals surface area (Å²) in [7, 11) is 6.44. The van der Waals surface area contributed by atoms with E-state index in [1.54, 1.807) is 0 Å². The molecule has 0 saturated heterocycles. The molecule has 0 unspecified atom stereocenters. The molecule has 1 aliphatic rings. The van der Waals surface area contributed by atoms with Crippen LogP contribution in [0.15, 0.2) is 12.3 Å². The van der Waals surface area contributed by atoms with Crippen molar-refractivity contribution in [1.29, 1.82) is 0 Å². The molecule has 4 heteroatoms. The molecule has 1 aliphatic carbocycles. The number of nitrogens with one attached hydrogen (secondary N) is 1. The molecule has 0 amide bonds. The largest absolute Gasteiger partial charge is 0.374 e. The second-order valence-corrected chi connectivity index (χ2v) is 6.19. The van der Waals surface area contributed by atoms with Gasteiger partial charge in [0.05, 0.1) is 0 Å². The van der Waals surface area contributed by atoms with Crippen LogP contribution >= 0.6 is 0 Å². The van der Waals surface area contributed by atoms with E-state index in [1.165, 1.54) is 30.5 Å². The van der Waals surface area contributed by atoms with Gasteiger partial charge in [0.15, 0.2) is 0 Å². The average Bonchev–Trinajstić information content (AvgIpc) is 3.20. The van der Waals surface area contributed by atoms with E-state index in [2.05, 4.69) is 54.2 Å². The number of pyridine rings is 1. The molecule has 20 heavy (non-hydrogen) atoms. The highest BCUT2D eigenvalue weighted by Gasteiger charge is 2.21. The van der Waals surface area contributed by atoms with E-state index >= 15 is 0 Å². The summed E-state index contributed by atoms with van der Waals surface area (Å²) >= 11 is 0. The Balaban J connectivity index is 1.96. The number of hydrogen-bond acceptors (Lipinski definition) is 4. The maximum absolute atomic E-state index is 4.45. The van der Waals surface area contributed by atoms with Crippen molar-refractivity contribution in [2.45, 2.75) is 38.8 Å². The Morgan fingerprint density at radius 3 is 2.65 bits per heavy atom. The minimum Gasteiger partial charge on any atom is -0.374 e. The Morgan fingerprint density at radius 1 is 1.25 bits per heavy atom. The zero-order valence-electron chi connectivity index (χ0n) is 13.3. The van der Waals surface area contributed by atoms with Crippen molar-refractivity contribution in [3.63, 3.8) is 0 Å². The van der Waals surface area contributed by atoms with Crippen LogP contribution in [0.3, 0.4) is 0 Å². The number of hydrogen-bond donors (Lipinski definition) is 1. The SMILES string of the molecule is Cc1cc(N(C)CCCN(C)C)c(CNC2CC2)cn1. The molecule has 0 bridgehead atoms. The maximum atomic E-state index is 4.45. The molecular weight excluding hydrogens is 248 g/mol. The van der Waals surface area contributed by atoms with Crippen LogP contribution in [0.25, 0.3) is 0 Å². The lowest BCUT2D eigenvalue weighted by molar-refractivity contribution is 0.401. The monoisotopic (exact) mass is 276 g/mol. The second-order valence-electron chi connectivity index (χ2n) is 6.19. The highest BCUT2D eigenvalue weighted by Crippen LogP contribution is 2.23. The zero-order valence-corrected chi connectivity index (χ0v) is 13.3. The Morgan fingerprint density at radius 2 is 2.00 bits per heavy atom. The average molecular weight is 276 g/mol. The van der Waals surface area contributed by atoms with E-state index in [1.807, 2.05) is 6.20 Å². The summed E-state index contributed by atoms with van der Waals surface area (Å²) < 4.78 is 0. The van der Waals surface area contributed by atoms with Gasteiger partial charge in [-0.25, -0.2) is 0 Å². The predicted molar refractivity (Wildman–Crippen MR) is 85.3 cm³/mol. The quantitative estimate of drug-likeness (QED) is 0.787. The maximum Gasteiger partial charge on any atom is 0.0442 e. The van der Waals surface area contributed by atoms with Gasteiger partial charge in [0, 0.05) is 49.3 Å². The van der Waals surface area contributed by atoms with E-state index in [4.69, 9.17) is 0 Å². The number of aromatic nitrogens is 1. The minimum atomic E-state index is 0.739. The zero-order chi connectivity index (χ0) is 14.5. The summed E-state index contributed by atoms with van der Waals surface area (Å²) in [5, 5.41) is 3.59. The topological polar surface area (TPSA) is 31.4 Å². The highest BCUT2D eigenvalue weighted by atomic mass is 15.1. The standard InChI is InChI=1S/C16H28N4/c1-13-10-16(20(4)9-5-8-19(2)3)14(11-17-13)12-18-15-6-7-15/h10-11,15,18H,5-9,12H2,1-4H3. The van der Waals surface area contributed by atoms with Crippen LogP contribution in [0.4, 0.5) is 5.69 Å². The van der Waals surface area contributed by atoms with E-state index < -0.39 is 0 Å². The van der Waals surface area contributed by atoms with Gasteiger partial charge in [0.25, 0.3) is 0 Å². The molecule has 1 N–H and O–H groups in total. The fourth-order valence-corrected chi connectivity index (χ4v) is 2.35. The van der Waals surface area contributed by atoms with Gasteiger partial charge in [0.2, 0.25) is 0 Å². The molecule has 0 radical (unpaired) electrons. The van der Waals surface area contributed by atoms with Crippen LogP contribution in [-0.2, 0) is 6.54 Å². The summed E-state index contributed by atoms with van der Waals surface area (Å²) in [6.07, 6.45) is 5.86. The van der Waals surface area contributed by atoms with Crippen molar-refractivity contribution in [1.82, 2.24) is 15.2 Å². The van der Waals surface area contributed by atoms with E-state index in [9.17, 15) is 0 Å². The molecule has 0 spiro atoms. The van der Waals surface area contributed by atoms with Gasteiger partial charge in [-0.1, -0.05) is 0 Å². The number of anilines is 1. The summed E-state index contributed by atoms with van der Waals surface area (Å²) in [6.45, 7) is 5.21. The second kappa shape index (κ2) is 7.04. The Hall–Kier alpha value is -1.13. The number of nitrogens with zero attached hydrogens (tertiary/aromatic N) is 3. The lowest BCUT2D eigenvalue weighted by Crippen LogP contribution is -2.25. The van der Waals surface area contributed by atoms with Crippen LogP contribution in [0.1, 0.15) is 30.5 Å². The van der Waals surface area contributed by atoms with Gasteiger partial charge in [-0.3, -0.25) is 4.98 Å². The van der Waals surface area contributed by atoms with Gasteiger partial charge in [-0.2, -0.15) is 0 Å². The van der Waals surface area contributed by atoms with Crippen molar-refractivity contribution in [3.8, 4) is 0 Å². The van der Waals surface area contributed by atoms with Crippen molar-refractivity contribution in [2.24, 2.45) is 0 Å². The molecule has 112 valence electrons. The fraction of sp³-hybridized carbons (Fsp3) is 0.688. The molecule has 0 atom stereocenters. The third kappa shape index (κ3) is 4.76. The van der Waals surface area contributed by atoms with Crippen LogP contribution in [0, 0.1) is 6.92 Å². The molecule has 4 nitrogen and oxygen atoms in total. The third-order valence-corrected chi connectivity index (χ3v) is 3.77. The molecule has 1 aromatic heterocycles. The number of rotatable bonds is 8. The van der Waals surface area contributed by atoms with E-state index in [0.717, 1.165) is 31.4 Å². The van der Waals surface area contributed by atoms with Gasteiger partial charge < -0.3 is 15.1 Å². The van der Waals surface area contributed by atoms with Crippen molar-refractivity contribution in [3.05, 3.63) is 23.5 Å².